The van der Waals surface area contributed by atoms with Gasteiger partial charge in [-0.15, -0.1) is 11.3 Å². The van der Waals surface area contributed by atoms with Crippen LogP contribution in [0.25, 0.3) is 10.1 Å². The Morgan fingerprint density at radius 1 is 1.38 bits per heavy atom. The minimum atomic E-state index is -0.968. The lowest BCUT2D eigenvalue weighted by molar-refractivity contribution is -0.137. The van der Waals surface area contributed by atoms with E-state index in [4.69, 9.17) is 14.6 Å². The van der Waals surface area contributed by atoms with Gasteiger partial charge in [0, 0.05) is 42.5 Å². The van der Waals surface area contributed by atoms with Crippen LogP contribution >= 0.6 is 11.3 Å². The summed E-state index contributed by atoms with van der Waals surface area (Å²) in [4.78, 5) is 26.3. The summed E-state index contributed by atoms with van der Waals surface area (Å²) < 4.78 is 25.5. The number of carbonyl (C=O) groups is 2. The van der Waals surface area contributed by atoms with Crippen molar-refractivity contribution >= 4 is 33.3 Å². The molecular formula is C18H20FNO5S. The highest BCUT2D eigenvalue weighted by Crippen LogP contribution is 2.36. The predicted octanol–water partition coefficient (Wildman–Crippen LogP) is 2.89. The number of carboxylic acid groups (broad SMARTS) is 1. The summed E-state index contributed by atoms with van der Waals surface area (Å²) >= 11 is 1.20. The number of halogens is 1. The van der Waals surface area contributed by atoms with Crippen LogP contribution < -0.4 is 0 Å². The molecule has 1 aliphatic heterocycles. The number of hydrogen-bond acceptors (Lipinski definition) is 5. The Morgan fingerprint density at radius 2 is 2.15 bits per heavy atom. The van der Waals surface area contributed by atoms with Crippen molar-refractivity contribution in [3.05, 3.63) is 34.5 Å². The van der Waals surface area contributed by atoms with E-state index in [0.29, 0.717) is 33.5 Å². The number of carbonyl (C=O) groups excluding carboxylic acids is 1. The number of carboxylic acids is 1. The third-order valence-electron chi connectivity index (χ3n) is 4.63. The van der Waals surface area contributed by atoms with Gasteiger partial charge >= 0.3 is 5.97 Å². The average molecular weight is 381 g/mol. The highest BCUT2D eigenvalue weighted by Gasteiger charge is 2.38. The summed E-state index contributed by atoms with van der Waals surface area (Å²) in [5.74, 6) is -1.67. The fourth-order valence-electron chi connectivity index (χ4n) is 3.44. The van der Waals surface area contributed by atoms with Gasteiger partial charge in [0.2, 0.25) is 0 Å². The molecule has 1 fully saturated rings. The molecule has 0 saturated carbocycles. The van der Waals surface area contributed by atoms with Crippen LogP contribution in [0, 0.1) is 5.82 Å². The summed E-state index contributed by atoms with van der Waals surface area (Å²) in [7, 11) is 3.03. The molecule has 3 rings (SSSR count). The standard InChI is InChI=1S/C18H20FNO5S/c1-24-9-12-16-13(19)4-3-5-14(16)26-17(12)18(23)20-8-11(25-2)6-10(20)7-15(21)22/h3-5,10-11H,6-9H2,1-2H3,(H,21,22). The average Bonchev–Trinajstić information content (AvgIpc) is 3.16. The van der Waals surface area contributed by atoms with Gasteiger partial charge in [-0.05, 0) is 18.6 Å². The molecule has 0 aliphatic carbocycles. The summed E-state index contributed by atoms with van der Waals surface area (Å²) in [6, 6.07) is 4.26. The molecule has 2 atom stereocenters. The fraction of sp³-hybridized carbons (Fsp3) is 0.444. The Labute approximate surface area is 154 Å². The fourth-order valence-corrected chi connectivity index (χ4v) is 4.62. The molecule has 2 aromatic rings. The van der Waals surface area contributed by atoms with Crippen LogP contribution in [0.5, 0.6) is 0 Å². The first kappa shape index (κ1) is 18.8. The van der Waals surface area contributed by atoms with Gasteiger partial charge in [-0.25, -0.2) is 4.39 Å². The largest absolute Gasteiger partial charge is 0.481 e. The van der Waals surface area contributed by atoms with Gasteiger partial charge in [0.1, 0.15) is 5.82 Å². The van der Waals surface area contributed by atoms with Gasteiger partial charge in [0.15, 0.2) is 0 Å². The van der Waals surface area contributed by atoms with E-state index in [0.717, 1.165) is 0 Å². The number of hydrogen-bond donors (Lipinski definition) is 1. The second-order valence-corrected chi connectivity index (χ2v) is 7.31. The highest BCUT2D eigenvalue weighted by atomic mass is 32.1. The Morgan fingerprint density at radius 3 is 2.81 bits per heavy atom. The molecule has 140 valence electrons. The van der Waals surface area contributed by atoms with Crippen LogP contribution in [-0.4, -0.2) is 54.8 Å². The summed E-state index contributed by atoms with van der Waals surface area (Å²) in [6.45, 7) is 0.420. The number of aliphatic carboxylic acids is 1. The van der Waals surface area contributed by atoms with Gasteiger partial charge < -0.3 is 19.5 Å². The maximum Gasteiger partial charge on any atom is 0.305 e. The third kappa shape index (κ3) is 3.44. The molecule has 1 aromatic carbocycles. The Balaban J connectivity index is 2.01. The lowest BCUT2D eigenvalue weighted by atomic mass is 10.1. The molecule has 1 aromatic heterocycles. The number of amides is 1. The van der Waals surface area contributed by atoms with Crippen molar-refractivity contribution in [3.8, 4) is 0 Å². The number of likely N-dealkylation sites (tertiary alicyclic amines) is 1. The van der Waals surface area contributed by atoms with E-state index < -0.39 is 17.8 Å². The first-order valence-electron chi connectivity index (χ1n) is 8.20. The second kappa shape index (κ2) is 7.69. The molecule has 0 spiro atoms. The van der Waals surface area contributed by atoms with Crippen LogP contribution in [-0.2, 0) is 20.9 Å². The zero-order chi connectivity index (χ0) is 18.8. The molecule has 0 radical (unpaired) electrons. The Kier molecular flexibility index (Phi) is 5.55. The van der Waals surface area contributed by atoms with E-state index in [2.05, 4.69) is 0 Å². The van der Waals surface area contributed by atoms with Crippen molar-refractivity contribution < 1.29 is 28.6 Å². The van der Waals surface area contributed by atoms with Crippen molar-refractivity contribution in [1.82, 2.24) is 4.90 Å². The number of thiophene rings is 1. The zero-order valence-corrected chi connectivity index (χ0v) is 15.3. The molecule has 2 heterocycles. The molecule has 6 nitrogen and oxygen atoms in total. The van der Waals surface area contributed by atoms with Gasteiger partial charge in [-0.1, -0.05) is 6.07 Å². The summed E-state index contributed by atoms with van der Waals surface area (Å²) in [5, 5.41) is 9.54. The van der Waals surface area contributed by atoms with Crippen molar-refractivity contribution in [2.45, 2.75) is 31.6 Å². The number of fused-ring (bicyclic) bond motifs is 1. The van der Waals surface area contributed by atoms with Crippen LogP contribution in [0.1, 0.15) is 28.1 Å². The monoisotopic (exact) mass is 381 g/mol. The predicted molar refractivity (Wildman–Crippen MR) is 95.0 cm³/mol. The summed E-state index contributed by atoms with van der Waals surface area (Å²) in [5.41, 5.74) is 0.505. The van der Waals surface area contributed by atoms with Gasteiger partial charge in [-0.2, -0.15) is 0 Å². The van der Waals surface area contributed by atoms with Gasteiger partial charge in [0.05, 0.1) is 24.0 Å². The molecule has 1 saturated heterocycles. The molecule has 2 unspecified atom stereocenters. The van der Waals surface area contributed by atoms with Crippen molar-refractivity contribution in [1.29, 1.82) is 0 Å². The van der Waals surface area contributed by atoms with E-state index in [-0.39, 0.29) is 25.0 Å². The Bertz CT molecular complexity index is 836. The SMILES string of the molecule is COCc1c(C(=O)N2CC(OC)CC2CC(=O)O)sc2cccc(F)c12. The molecule has 0 bridgehead atoms. The van der Waals surface area contributed by atoms with Crippen LogP contribution in [0.3, 0.4) is 0 Å². The maximum absolute atomic E-state index is 14.3. The smallest absolute Gasteiger partial charge is 0.305 e. The number of rotatable bonds is 6. The highest BCUT2D eigenvalue weighted by molar-refractivity contribution is 7.21. The molecule has 8 heteroatoms. The minimum Gasteiger partial charge on any atom is -0.481 e. The third-order valence-corrected chi connectivity index (χ3v) is 5.81. The maximum atomic E-state index is 14.3. The van der Waals surface area contributed by atoms with Gasteiger partial charge in [-0.3, -0.25) is 9.59 Å². The Hall–Kier alpha value is -2.03. The van der Waals surface area contributed by atoms with E-state index >= 15 is 0 Å². The first-order valence-corrected chi connectivity index (χ1v) is 9.02. The van der Waals surface area contributed by atoms with Crippen molar-refractivity contribution in [3.63, 3.8) is 0 Å². The topological polar surface area (TPSA) is 76.1 Å². The van der Waals surface area contributed by atoms with E-state index in [1.54, 1.807) is 19.2 Å². The normalized spacial score (nSPS) is 20.0. The molecule has 26 heavy (non-hydrogen) atoms. The number of methoxy groups -OCH3 is 2. The zero-order valence-electron chi connectivity index (χ0n) is 14.5. The van der Waals surface area contributed by atoms with Crippen LogP contribution in [0.15, 0.2) is 18.2 Å². The van der Waals surface area contributed by atoms with Crippen LogP contribution in [0.2, 0.25) is 0 Å². The van der Waals surface area contributed by atoms with E-state index in [9.17, 15) is 14.0 Å². The minimum absolute atomic E-state index is 0.104. The first-order chi connectivity index (χ1) is 12.5. The van der Waals surface area contributed by atoms with E-state index in [1.807, 2.05) is 0 Å². The van der Waals surface area contributed by atoms with Crippen LogP contribution in [0.4, 0.5) is 4.39 Å². The lowest BCUT2D eigenvalue weighted by Gasteiger charge is -2.23. The number of nitrogens with zero attached hydrogens (tertiary/aromatic N) is 1. The second-order valence-electron chi connectivity index (χ2n) is 6.26. The van der Waals surface area contributed by atoms with E-state index in [1.165, 1.54) is 29.4 Å². The lowest BCUT2D eigenvalue weighted by Crippen LogP contribution is -2.37. The molecule has 1 amide bonds. The number of benzene rings is 1. The van der Waals surface area contributed by atoms with Gasteiger partial charge in [0.25, 0.3) is 5.91 Å². The van der Waals surface area contributed by atoms with Crippen molar-refractivity contribution in [2.24, 2.45) is 0 Å². The molecule has 1 N–H and O–H groups in total. The quantitative estimate of drug-likeness (QED) is 0.833. The molecule has 1 aliphatic rings. The summed E-state index contributed by atoms with van der Waals surface area (Å²) in [6.07, 6.45) is 0.109. The molecular weight excluding hydrogens is 361 g/mol. The van der Waals surface area contributed by atoms with Crippen molar-refractivity contribution in [2.75, 3.05) is 20.8 Å². The number of ether oxygens (including phenoxy) is 2.